The Morgan fingerprint density at radius 2 is 1.74 bits per heavy atom. The van der Waals surface area contributed by atoms with Gasteiger partial charge in [0.05, 0.1) is 0 Å². The van der Waals surface area contributed by atoms with E-state index < -0.39 is 11.8 Å². The van der Waals surface area contributed by atoms with Crippen LogP contribution < -0.4 is 10.6 Å². The third-order valence-corrected chi connectivity index (χ3v) is 4.30. The normalized spacial score (nSPS) is 20.0. The summed E-state index contributed by atoms with van der Waals surface area (Å²) < 4.78 is 0. The van der Waals surface area contributed by atoms with Gasteiger partial charge >= 0.3 is 11.8 Å². The highest BCUT2D eigenvalue weighted by atomic mass is 16.2. The maximum Gasteiger partial charge on any atom is 0.312 e. The smallest absolute Gasteiger partial charge is 0.312 e. The molecule has 2 rings (SSSR count). The molecule has 8 nitrogen and oxygen atoms in total. The largest absolute Gasteiger partial charge is 0.355 e. The maximum absolute atomic E-state index is 11.9. The summed E-state index contributed by atoms with van der Waals surface area (Å²) in [5.41, 5.74) is 0. The average Bonchev–Trinajstić information content (AvgIpc) is 2.57. The van der Waals surface area contributed by atoms with Gasteiger partial charge in [-0.2, -0.15) is 0 Å². The fourth-order valence-electron chi connectivity index (χ4n) is 2.86. The first-order valence-corrected chi connectivity index (χ1v) is 8.39. The van der Waals surface area contributed by atoms with E-state index in [1.54, 1.807) is 0 Å². The van der Waals surface area contributed by atoms with Crippen molar-refractivity contribution in [1.29, 1.82) is 0 Å². The number of rotatable bonds is 7. The minimum absolute atomic E-state index is 0.0320. The van der Waals surface area contributed by atoms with Crippen molar-refractivity contribution < 1.29 is 14.4 Å². The second-order valence-electron chi connectivity index (χ2n) is 5.91. The Bertz CT molecular complexity index is 437. The molecule has 23 heavy (non-hydrogen) atoms. The van der Waals surface area contributed by atoms with Gasteiger partial charge in [0.2, 0.25) is 5.91 Å². The summed E-state index contributed by atoms with van der Waals surface area (Å²) in [6, 6.07) is 0. The summed E-state index contributed by atoms with van der Waals surface area (Å²) in [5.74, 6) is -1.28. The van der Waals surface area contributed by atoms with E-state index in [0.717, 1.165) is 39.1 Å². The molecule has 0 aliphatic carbocycles. The van der Waals surface area contributed by atoms with Gasteiger partial charge in [-0.25, -0.2) is 0 Å². The van der Waals surface area contributed by atoms with Gasteiger partial charge in [-0.3, -0.25) is 14.4 Å². The number of hydrogen-bond donors (Lipinski definition) is 2. The molecule has 2 aliphatic rings. The second kappa shape index (κ2) is 8.83. The van der Waals surface area contributed by atoms with Crippen molar-refractivity contribution in [2.45, 2.75) is 13.3 Å². The lowest BCUT2D eigenvalue weighted by atomic mass is 10.3. The minimum Gasteiger partial charge on any atom is -0.355 e. The van der Waals surface area contributed by atoms with Gasteiger partial charge in [-0.1, -0.05) is 0 Å². The number of nitrogens with zero attached hydrogens (tertiary/aromatic N) is 3. The third kappa shape index (κ3) is 5.18. The number of piperazine rings is 2. The third-order valence-electron chi connectivity index (χ3n) is 4.30. The standard InChI is InChI=1S/C15H27N5O3/c1-2-19-10-11-20(15(23)14(19)22)12-13(21)17-4-3-7-18-8-5-16-6-9-18/h16H,2-12H2,1H3,(H,17,21). The Balaban J connectivity index is 1.62. The molecule has 2 heterocycles. The SMILES string of the molecule is CCN1CCN(CC(=O)NCCCN2CCNCC2)C(=O)C1=O. The van der Waals surface area contributed by atoms with E-state index in [1.165, 1.54) is 9.80 Å². The lowest BCUT2D eigenvalue weighted by Crippen LogP contribution is -2.56. The monoisotopic (exact) mass is 325 g/mol. The second-order valence-corrected chi connectivity index (χ2v) is 5.91. The fourth-order valence-corrected chi connectivity index (χ4v) is 2.86. The highest BCUT2D eigenvalue weighted by Gasteiger charge is 2.32. The van der Waals surface area contributed by atoms with Crippen molar-refractivity contribution >= 4 is 17.7 Å². The molecule has 3 amide bonds. The van der Waals surface area contributed by atoms with Crippen LogP contribution in [0.5, 0.6) is 0 Å². The summed E-state index contributed by atoms with van der Waals surface area (Å²) in [7, 11) is 0. The molecule has 2 fully saturated rings. The van der Waals surface area contributed by atoms with Crippen molar-refractivity contribution in [3.63, 3.8) is 0 Å². The van der Waals surface area contributed by atoms with Crippen LogP contribution in [0.3, 0.4) is 0 Å². The average molecular weight is 325 g/mol. The van der Waals surface area contributed by atoms with Crippen LogP contribution in [-0.2, 0) is 14.4 Å². The molecule has 2 saturated heterocycles. The number of likely N-dealkylation sites (N-methyl/N-ethyl adjacent to an activating group) is 1. The zero-order chi connectivity index (χ0) is 16.7. The van der Waals surface area contributed by atoms with Crippen LogP contribution in [0.4, 0.5) is 0 Å². The van der Waals surface area contributed by atoms with Gasteiger partial charge < -0.3 is 25.3 Å². The van der Waals surface area contributed by atoms with E-state index in [0.29, 0.717) is 26.2 Å². The molecular weight excluding hydrogens is 298 g/mol. The number of nitrogens with one attached hydrogen (secondary N) is 2. The molecule has 0 atom stereocenters. The van der Waals surface area contributed by atoms with Gasteiger partial charge in [-0.15, -0.1) is 0 Å². The molecule has 0 radical (unpaired) electrons. The van der Waals surface area contributed by atoms with E-state index in [2.05, 4.69) is 15.5 Å². The quantitative estimate of drug-likeness (QED) is 0.421. The number of carbonyl (C=O) groups is 3. The molecule has 0 saturated carbocycles. The zero-order valence-electron chi connectivity index (χ0n) is 13.8. The molecule has 0 aromatic heterocycles. The van der Waals surface area contributed by atoms with Gasteiger partial charge in [0.1, 0.15) is 6.54 Å². The maximum atomic E-state index is 11.9. The predicted molar refractivity (Wildman–Crippen MR) is 85.8 cm³/mol. The Labute approximate surface area is 137 Å². The van der Waals surface area contributed by atoms with Crippen molar-refractivity contribution in [1.82, 2.24) is 25.3 Å². The molecule has 0 spiro atoms. The van der Waals surface area contributed by atoms with Gasteiger partial charge in [0, 0.05) is 52.4 Å². The molecule has 0 aromatic rings. The first-order chi connectivity index (χ1) is 11.1. The molecule has 2 aliphatic heterocycles. The van der Waals surface area contributed by atoms with Crippen LogP contribution in [0.2, 0.25) is 0 Å². The zero-order valence-corrected chi connectivity index (χ0v) is 13.8. The molecule has 0 unspecified atom stereocenters. The van der Waals surface area contributed by atoms with Crippen molar-refractivity contribution in [3.8, 4) is 0 Å². The van der Waals surface area contributed by atoms with E-state index in [4.69, 9.17) is 0 Å². The highest BCUT2D eigenvalue weighted by Crippen LogP contribution is 2.04. The molecule has 8 heteroatoms. The summed E-state index contributed by atoms with van der Waals surface area (Å²) in [4.78, 5) is 40.8. The lowest BCUT2D eigenvalue weighted by molar-refractivity contribution is -0.156. The molecule has 0 aromatic carbocycles. The van der Waals surface area contributed by atoms with E-state index in [-0.39, 0.29) is 12.5 Å². The first kappa shape index (κ1) is 17.7. The van der Waals surface area contributed by atoms with Crippen LogP contribution in [0.25, 0.3) is 0 Å². The molecule has 0 bridgehead atoms. The van der Waals surface area contributed by atoms with E-state index in [9.17, 15) is 14.4 Å². The topological polar surface area (TPSA) is 85.0 Å². The Morgan fingerprint density at radius 1 is 1.09 bits per heavy atom. The van der Waals surface area contributed by atoms with Crippen LogP contribution in [0, 0.1) is 0 Å². The molecule has 130 valence electrons. The summed E-state index contributed by atoms with van der Waals surface area (Å²) in [6.45, 7) is 8.95. The van der Waals surface area contributed by atoms with Gasteiger partial charge in [-0.05, 0) is 19.9 Å². The van der Waals surface area contributed by atoms with Crippen molar-refractivity contribution in [3.05, 3.63) is 0 Å². The van der Waals surface area contributed by atoms with Crippen molar-refractivity contribution in [2.24, 2.45) is 0 Å². The summed E-state index contributed by atoms with van der Waals surface area (Å²) in [5, 5.41) is 6.13. The lowest BCUT2D eigenvalue weighted by Gasteiger charge is -2.32. The number of amides is 3. The number of carbonyl (C=O) groups excluding carboxylic acids is 3. The Hall–Kier alpha value is -1.67. The number of hydrogen-bond acceptors (Lipinski definition) is 5. The first-order valence-electron chi connectivity index (χ1n) is 8.39. The Morgan fingerprint density at radius 3 is 2.43 bits per heavy atom. The van der Waals surface area contributed by atoms with Crippen molar-refractivity contribution in [2.75, 3.05) is 65.4 Å². The summed E-state index contributed by atoms with van der Waals surface area (Å²) >= 11 is 0. The van der Waals surface area contributed by atoms with E-state index >= 15 is 0 Å². The van der Waals surface area contributed by atoms with Gasteiger partial charge in [0.25, 0.3) is 0 Å². The van der Waals surface area contributed by atoms with Gasteiger partial charge in [0.15, 0.2) is 0 Å². The van der Waals surface area contributed by atoms with Crippen LogP contribution in [0.1, 0.15) is 13.3 Å². The molecular formula is C15H27N5O3. The van der Waals surface area contributed by atoms with Crippen LogP contribution in [-0.4, -0.2) is 97.9 Å². The van der Waals surface area contributed by atoms with Crippen LogP contribution in [0.15, 0.2) is 0 Å². The fraction of sp³-hybridized carbons (Fsp3) is 0.800. The highest BCUT2D eigenvalue weighted by molar-refractivity contribution is 6.35. The Kier molecular flexibility index (Phi) is 6.79. The van der Waals surface area contributed by atoms with Crippen LogP contribution >= 0.6 is 0 Å². The minimum atomic E-state index is -0.575. The summed E-state index contributed by atoms with van der Waals surface area (Å²) in [6.07, 6.45) is 0.891. The van der Waals surface area contributed by atoms with E-state index in [1.807, 2.05) is 6.92 Å². The molecule has 2 N–H and O–H groups in total. The predicted octanol–water partition coefficient (Wildman–Crippen LogP) is -1.91.